The summed E-state index contributed by atoms with van der Waals surface area (Å²) in [6.07, 6.45) is -0.187. The lowest BCUT2D eigenvalue weighted by Crippen LogP contribution is -2.29. The molecule has 0 atom stereocenters. The van der Waals surface area contributed by atoms with Crippen LogP contribution in [-0.4, -0.2) is 27.1 Å². The second kappa shape index (κ2) is 7.40. The lowest BCUT2D eigenvalue weighted by Gasteiger charge is -2.13. The van der Waals surface area contributed by atoms with Crippen LogP contribution in [0.3, 0.4) is 0 Å². The van der Waals surface area contributed by atoms with Crippen LogP contribution in [0.15, 0.2) is 41.8 Å². The van der Waals surface area contributed by atoms with Gasteiger partial charge in [-0.2, -0.15) is 0 Å². The number of rotatable bonds is 7. The molecule has 19 heavy (non-hydrogen) atoms. The van der Waals surface area contributed by atoms with Gasteiger partial charge in [-0.1, -0.05) is 30.3 Å². The summed E-state index contributed by atoms with van der Waals surface area (Å²) >= 11 is 1.77. The molecule has 0 radical (unpaired) electrons. The Balaban J connectivity index is 1.88. The van der Waals surface area contributed by atoms with E-state index in [-0.39, 0.29) is 6.29 Å². The fourth-order valence-corrected chi connectivity index (χ4v) is 2.69. The smallest absolute Gasteiger partial charge is 0.169 e. The third kappa shape index (κ3) is 4.14. The van der Waals surface area contributed by atoms with E-state index in [0.717, 1.165) is 6.54 Å². The molecule has 0 unspecified atom stereocenters. The zero-order valence-electron chi connectivity index (χ0n) is 11.3. The number of benzene rings is 1. The summed E-state index contributed by atoms with van der Waals surface area (Å²) in [5.74, 6) is 0. The molecule has 0 bridgehead atoms. The van der Waals surface area contributed by atoms with E-state index in [1.807, 2.05) is 6.07 Å². The van der Waals surface area contributed by atoms with Crippen LogP contribution in [0.2, 0.25) is 0 Å². The molecule has 0 spiro atoms. The summed E-state index contributed by atoms with van der Waals surface area (Å²) < 4.78 is 10.3. The van der Waals surface area contributed by atoms with E-state index in [1.54, 1.807) is 25.6 Å². The highest BCUT2D eigenvalue weighted by Crippen LogP contribution is 2.25. The van der Waals surface area contributed by atoms with E-state index in [2.05, 4.69) is 41.0 Å². The number of ether oxygens (including phenoxy) is 2. The molecule has 1 aromatic heterocycles. The summed E-state index contributed by atoms with van der Waals surface area (Å²) in [5.41, 5.74) is 2.54. The van der Waals surface area contributed by atoms with Crippen molar-refractivity contribution in [2.24, 2.45) is 0 Å². The van der Waals surface area contributed by atoms with E-state index in [4.69, 9.17) is 9.47 Å². The quantitative estimate of drug-likeness (QED) is 0.789. The number of thiophene rings is 1. The van der Waals surface area contributed by atoms with E-state index < -0.39 is 0 Å². The normalized spacial score (nSPS) is 11.1. The highest BCUT2D eigenvalue weighted by atomic mass is 32.1. The Morgan fingerprint density at radius 2 is 1.84 bits per heavy atom. The minimum Gasteiger partial charge on any atom is -0.355 e. The minimum absolute atomic E-state index is 0.187. The molecule has 3 nitrogen and oxygen atoms in total. The Morgan fingerprint density at radius 1 is 1.11 bits per heavy atom. The van der Waals surface area contributed by atoms with Gasteiger partial charge in [-0.3, -0.25) is 0 Å². The molecule has 102 valence electrons. The molecule has 0 amide bonds. The number of nitrogens with one attached hydrogen (secondary N) is 1. The molecule has 0 saturated heterocycles. The summed E-state index contributed by atoms with van der Waals surface area (Å²) in [4.78, 5) is 1.31. The Labute approximate surface area is 118 Å². The van der Waals surface area contributed by atoms with Gasteiger partial charge >= 0.3 is 0 Å². The standard InChI is InChI=1S/C15H19NO2S/c1-17-15(18-2)10-16-9-14-8-13(11-19-14)12-6-4-3-5-7-12/h3-8,11,15-16H,9-10H2,1-2H3. The second-order valence-electron chi connectivity index (χ2n) is 4.20. The molecule has 0 aliphatic carbocycles. The van der Waals surface area contributed by atoms with Gasteiger partial charge in [-0.05, 0) is 22.6 Å². The zero-order valence-corrected chi connectivity index (χ0v) is 12.1. The van der Waals surface area contributed by atoms with Crippen LogP contribution >= 0.6 is 11.3 Å². The molecule has 1 N–H and O–H groups in total. The van der Waals surface area contributed by atoms with Gasteiger partial charge in [-0.15, -0.1) is 11.3 Å². The van der Waals surface area contributed by atoms with Crippen molar-refractivity contribution in [1.82, 2.24) is 5.32 Å². The SMILES string of the molecule is COC(CNCc1cc(-c2ccccc2)cs1)OC. The maximum atomic E-state index is 5.13. The molecule has 4 heteroatoms. The van der Waals surface area contributed by atoms with Crippen molar-refractivity contribution in [3.63, 3.8) is 0 Å². The largest absolute Gasteiger partial charge is 0.355 e. The summed E-state index contributed by atoms with van der Waals surface area (Å²) in [7, 11) is 3.29. The van der Waals surface area contributed by atoms with Crippen LogP contribution < -0.4 is 5.32 Å². The predicted octanol–water partition coefficient (Wildman–Crippen LogP) is 3.12. The van der Waals surface area contributed by atoms with Gasteiger partial charge in [0.05, 0.1) is 0 Å². The topological polar surface area (TPSA) is 30.5 Å². The molecule has 1 heterocycles. The van der Waals surface area contributed by atoms with Gasteiger partial charge in [-0.25, -0.2) is 0 Å². The number of methoxy groups -OCH3 is 2. The van der Waals surface area contributed by atoms with Gasteiger partial charge in [0.1, 0.15) is 0 Å². The van der Waals surface area contributed by atoms with Crippen LogP contribution in [0.25, 0.3) is 11.1 Å². The molecule has 0 aliphatic rings. The molecular formula is C15H19NO2S. The Kier molecular flexibility index (Phi) is 5.54. The highest BCUT2D eigenvalue weighted by Gasteiger charge is 2.05. The van der Waals surface area contributed by atoms with Crippen LogP contribution in [0.1, 0.15) is 4.88 Å². The van der Waals surface area contributed by atoms with Crippen molar-refractivity contribution < 1.29 is 9.47 Å². The average molecular weight is 277 g/mol. The zero-order chi connectivity index (χ0) is 13.5. The molecule has 0 saturated carbocycles. The average Bonchev–Trinajstić information content (AvgIpc) is 2.93. The summed E-state index contributed by atoms with van der Waals surface area (Å²) in [5, 5.41) is 5.52. The van der Waals surface area contributed by atoms with E-state index in [0.29, 0.717) is 6.54 Å². The van der Waals surface area contributed by atoms with E-state index in [1.165, 1.54) is 16.0 Å². The predicted molar refractivity (Wildman–Crippen MR) is 79.3 cm³/mol. The Hall–Kier alpha value is -1.20. The Morgan fingerprint density at radius 3 is 2.53 bits per heavy atom. The van der Waals surface area contributed by atoms with Crippen molar-refractivity contribution in [3.8, 4) is 11.1 Å². The first kappa shape index (κ1) is 14.2. The second-order valence-corrected chi connectivity index (χ2v) is 5.20. The van der Waals surface area contributed by atoms with Crippen molar-refractivity contribution in [2.45, 2.75) is 12.8 Å². The lowest BCUT2D eigenvalue weighted by atomic mass is 10.1. The Bertz CT molecular complexity index is 480. The number of hydrogen-bond donors (Lipinski definition) is 1. The number of hydrogen-bond acceptors (Lipinski definition) is 4. The van der Waals surface area contributed by atoms with Crippen LogP contribution in [0.4, 0.5) is 0 Å². The first-order chi connectivity index (χ1) is 9.33. The highest BCUT2D eigenvalue weighted by molar-refractivity contribution is 7.10. The van der Waals surface area contributed by atoms with Gasteiger partial charge in [0.25, 0.3) is 0 Å². The van der Waals surface area contributed by atoms with Crippen LogP contribution in [0.5, 0.6) is 0 Å². The lowest BCUT2D eigenvalue weighted by molar-refractivity contribution is -0.0988. The summed E-state index contributed by atoms with van der Waals surface area (Å²) in [6.45, 7) is 1.52. The maximum absolute atomic E-state index is 5.13. The first-order valence-corrected chi connectivity index (χ1v) is 7.10. The van der Waals surface area contributed by atoms with E-state index in [9.17, 15) is 0 Å². The minimum atomic E-state index is -0.187. The van der Waals surface area contributed by atoms with Crippen molar-refractivity contribution >= 4 is 11.3 Å². The van der Waals surface area contributed by atoms with Crippen molar-refractivity contribution in [2.75, 3.05) is 20.8 Å². The third-order valence-corrected chi connectivity index (χ3v) is 3.83. The van der Waals surface area contributed by atoms with Crippen LogP contribution in [-0.2, 0) is 16.0 Å². The third-order valence-electron chi connectivity index (χ3n) is 2.90. The monoisotopic (exact) mass is 277 g/mol. The van der Waals surface area contributed by atoms with Gasteiger partial charge in [0.2, 0.25) is 0 Å². The molecule has 0 aliphatic heterocycles. The van der Waals surface area contributed by atoms with Crippen LogP contribution in [0, 0.1) is 0 Å². The first-order valence-electron chi connectivity index (χ1n) is 6.22. The maximum Gasteiger partial charge on any atom is 0.169 e. The fourth-order valence-electron chi connectivity index (χ4n) is 1.83. The van der Waals surface area contributed by atoms with Gasteiger partial charge in [0, 0.05) is 32.2 Å². The molecule has 0 fully saturated rings. The van der Waals surface area contributed by atoms with Crippen molar-refractivity contribution in [1.29, 1.82) is 0 Å². The van der Waals surface area contributed by atoms with Crippen molar-refractivity contribution in [3.05, 3.63) is 46.7 Å². The molecule has 1 aromatic carbocycles. The summed E-state index contributed by atoms with van der Waals surface area (Å²) in [6, 6.07) is 12.6. The molecule has 2 aromatic rings. The van der Waals surface area contributed by atoms with Gasteiger partial charge in [0.15, 0.2) is 6.29 Å². The van der Waals surface area contributed by atoms with Gasteiger partial charge < -0.3 is 14.8 Å². The van der Waals surface area contributed by atoms with E-state index >= 15 is 0 Å². The fraction of sp³-hybridized carbons (Fsp3) is 0.333. The molecular weight excluding hydrogens is 258 g/mol. The molecule has 2 rings (SSSR count).